The smallest absolute Gasteiger partial charge is 0.258 e. The second-order valence-corrected chi connectivity index (χ2v) is 6.92. The summed E-state index contributed by atoms with van der Waals surface area (Å²) in [6.07, 6.45) is 1.91. The average molecular weight is 297 g/mol. The normalized spacial score (nSPS) is 11.7. The summed E-state index contributed by atoms with van der Waals surface area (Å²) in [7, 11) is 0. The minimum Gasteiger partial charge on any atom is -0.284 e. The molecule has 2 rings (SSSR count). The first-order valence-corrected chi connectivity index (χ1v) is 8.18. The van der Waals surface area contributed by atoms with Crippen molar-refractivity contribution in [3.8, 4) is 5.69 Å². The first-order chi connectivity index (χ1) is 10.3. The number of hydrogen-bond donors (Lipinski definition) is 0. The lowest BCUT2D eigenvalue weighted by Gasteiger charge is -2.18. The molecule has 0 N–H and O–H groups in total. The molecule has 0 bridgehead atoms. The van der Waals surface area contributed by atoms with Gasteiger partial charge in [-0.05, 0) is 47.1 Å². The van der Waals surface area contributed by atoms with Crippen molar-refractivity contribution in [3.63, 3.8) is 0 Å². The SMILES string of the molecule is CC(C)c1ccc(-n2ccc(C(C)C)c(C(C)C)c2=O)cc1. The molecule has 22 heavy (non-hydrogen) atoms. The summed E-state index contributed by atoms with van der Waals surface area (Å²) in [5, 5.41) is 0. The van der Waals surface area contributed by atoms with Crippen LogP contribution in [0.2, 0.25) is 0 Å². The molecule has 0 saturated carbocycles. The maximum atomic E-state index is 12.9. The quantitative estimate of drug-likeness (QED) is 0.759. The standard InChI is InChI=1S/C20H27NO/c1-13(2)16-7-9-17(10-8-16)21-12-11-18(14(3)4)19(15(5)6)20(21)22/h7-15H,1-6H3. The van der Waals surface area contributed by atoms with Crippen molar-refractivity contribution in [2.75, 3.05) is 0 Å². The van der Waals surface area contributed by atoms with Crippen LogP contribution in [0.15, 0.2) is 41.3 Å². The van der Waals surface area contributed by atoms with Gasteiger partial charge >= 0.3 is 0 Å². The lowest BCUT2D eigenvalue weighted by molar-refractivity contribution is 0.756. The van der Waals surface area contributed by atoms with E-state index in [2.05, 4.69) is 59.7 Å². The molecule has 2 nitrogen and oxygen atoms in total. The topological polar surface area (TPSA) is 22.0 Å². The number of hydrogen-bond acceptors (Lipinski definition) is 1. The molecule has 0 aliphatic rings. The first-order valence-electron chi connectivity index (χ1n) is 8.18. The van der Waals surface area contributed by atoms with Gasteiger partial charge in [0.2, 0.25) is 0 Å². The van der Waals surface area contributed by atoms with Gasteiger partial charge in [-0.1, -0.05) is 53.7 Å². The summed E-state index contributed by atoms with van der Waals surface area (Å²) in [6, 6.07) is 10.4. The first kappa shape index (κ1) is 16.5. The molecule has 2 aromatic rings. The van der Waals surface area contributed by atoms with E-state index >= 15 is 0 Å². The third-order valence-corrected chi connectivity index (χ3v) is 4.20. The number of rotatable bonds is 4. The predicted octanol–water partition coefficient (Wildman–Crippen LogP) is 5.21. The van der Waals surface area contributed by atoms with Crippen molar-refractivity contribution in [3.05, 3.63) is 63.6 Å². The van der Waals surface area contributed by atoms with Crippen LogP contribution < -0.4 is 5.56 Å². The lowest BCUT2D eigenvalue weighted by Crippen LogP contribution is -2.25. The van der Waals surface area contributed by atoms with Gasteiger partial charge in [-0.25, -0.2) is 0 Å². The Morgan fingerprint density at radius 2 is 1.36 bits per heavy atom. The number of benzene rings is 1. The average Bonchev–Trinajstić information content (AvgIpc) is 2.46. The van der Waals surface area contributed by atoms with Gasteiger partial charge in [0.15, 0.2) is 0 Å². The molecule has 0 amide bonds. The van der Waals surface area contributed by atoms with Gasteiger partial charge in [-0.2, -0.15) is 0 Å². The Bertz CT molecular complexity index is 691. The molecular formula is C20H27NO. The molecule has 0 fully saturated rings. The Balaban J connectivity index is 2.57. The van der Waals surface area contributed by atoms with Crippen LogP contribution in [0.4, 0.5) is 0 Å². The highest BCUT2D eigenvalue weighted by atomic mass is 16.1. The molecular weight excluding hydrogens is 270 g/mol. The summed E-state index contributed by atoms with van der Waals surface area (Å²) < 4.78 is 1.77. The van der Waals surface area contributed by atoms with Gasteiger partial charge in [-0.3, -0.25) is 9.36 Å². The molecule has 0 saturated heterocycles. The van der Waals surface area contributed by atoms with E-state index in [1.165, 1.54) is 5.56 Å². The summed E-state index contributed by atoms with van der Waals surface area (Å²) in [5.41, 5.74) is 4.44. The molecule has 118 valence electrons. The van der Waals surface area contributed by atoms with Crippen molar-refractivity contribution < 1.29 is 0 Å². The Labute approximate surface area is 133 Å². The number of aromatic nitrogens is 1. The molecule has 0 radical (unpaired) electrons. The van der Waals surface area contributed by atoms with Gasteiger partial charge < -0.3 is 0 Å². The second-order valence-electron chi connectivity index (χ2n) is 6.92. The Morgan fingerprint density at radius 1 is 0.773 bits per heavy atom. The highest BCUT2D eigenvalue weighted by Gasteiger charge is 2.16. The van der Waals surface area contributed by atoms with Crippen LogP contribution in [0.3, 0.4) is 0 Å². The van der Waals surface area contributed by atoms with Crippen LogP contribution in [0, 0.1) is 0 Å². The van der Waals surface area contributed by atoms with Crippen LogP contribution in [-0.4, -0.2) is 4.57 Å². The molecule has 0 spiro atoms. The molecule has 1 aromatic carbocycles. The third kappa shape index (κ3) is 3.16. The summed E-state index contributed by atoms with van der Waals surface area (Å²) in [6.45, 7) is 12.8. The van der Waals surface area contributed by atoms with Gasteiger partial charge in [0.1, 0.15) is 0 Å². The van der Waals surface area contributed by atoms with E-state index in [-0.39, 0.29) is 11.5 Å². The van der Waals surface area contributed by atoms with Crippen molar-refractivity contribution in [2.24, 2.45) is 0 Å². The minimum atomic E-state index is 0.110. The fraction of sp³-hybridized carbons (Fsp3) is 0.450. The number of nitrogens with zero attached hydrogens (tertiary/aromatic N) is 1. The highest BCUT2D eigenvalue weighted by molar-refractivity contribution is 5.39. The largest absolute Gasteiger partial charge is 0.284 e. The minimum absolute atomic E-state index is 0.110. The molecule has 1 heterocycles. The van der Waals surface area contributed by atoms with Gasteiger partial charge in [0.05, 0.1) is 0 Å². The van der Waals surface area contributed by atoms with Crippen LogP contribution in [-0.2, 0) is 0 Å². The third-order valence-electron chi connectivity index (χ3n) is 4.20. The van der Waals surface area contributed by atoms with Crippen LogP contribution in [0.5, 0.6) is 0 Å². The van der Waals surface area contributed by atoms with E-state index < -0.39 is 0 Å². The predicted molar refractivity (Wildman–Crippen MR) is 94.3 cm³/mol. The van der Waals surface area contributed by atoms with E-state index in [0.717, 1.165) is 16.8 Å². The molecule has 0 atom stereocenters. The highest BCUT2D eigenvalue weighted by Crippen LogP contribution is 2.24. The van der Waals surface area contributed by atoms with Crippen LogP contribution >= 0.6 is 0 Å². The Hall–Kier alpha value is -1.83. The molecule has 1 aromatic heterocycles. The zero-order valence-corrected chi connectivity index (χ0v) is 14.6. The van der Waals surface area contributed by atoms with Crippen molar-refractivity contribution in [1.29, 1.82) is 0 Å². The molecule has 2 heteroatoms. The van der Waals surface area contributed by atoms with E-state index in [1.54, 1.807) is 4.57 Å². The van der Waals surface area contributed by atoms with E-state index in [9.17, 15) is 4.79 Å². The van der Waals surface area contributed by atoms with Crippen molar-refractivity contribution >= 4 is 0 Å². The fourth-order valence-electron chi connectivity index (χ4n) is 2.87. The molecule has 0 aliphatic carbocycles. The lowest BCUT2D eigenvalue weighted by atomic mass is 9.92. The van der Waals surface area contributed by atoms with Gasteiger partial charge in [-0.15, -0.1) is 0 Å². The maximum Gasteiger partial charge on any atom is 0.258 e. The Kier molecular flexibility index (Phi) is 4.90. The Morgan fingerprint density at radius 3 is 1.82 bits per heavy atom. The molecule has 0 unspecified atom stereocenters. The molecule has 0 aliphatic heterocycles. The summed E-state index contributed by atoms with van der Waals surface area (Å²) in [5.74, 6) is 1.09. The fourth-order valence-corrected chi connectivity index (χ4v) is 2.87. The summed E-state index contributed by atoms with van der Waals surface area (Å²) >= 11 is 0. The van der Waals surface area contributed by atoms with Crippen LogP contribution in [0.25, 0.3) is 5.69 Å². The monoisotopic (exact) mass is 297 g/mol. The van der Waals surface area contributed by atoms with E-state index in [0.29, 0.717) is 11.8 Å². The van der Waals surface area contributed by atoms with E-state index in [4.69, 9.17) is 0 Å². The number of pyridine rings is 1. The van der Waals surface area contributed by atoms with Crippen molar-refractivity contribution in [1.82, 2.24) is 4.57 Å². The van der Waals surface area contributed by atoms with Gasteiger partial charge in [0.25, 0.3) is 5.56 Å². The maximum absolute atomic E-state index is 12.9. The van der Waals surface area contributed by atoms with Crippen LogP contribution in [0.1, 0.15) is 76.0 Å². The summed E-state index contributed by atoms with van der Waals surface area (Å²) in [4.78, 5) is 12.9. The second kappa shape index (κ2) is 6.51. The van der Waals surface area contributed by atoms with E-state index in [1.807, 2.05) is 18.3 Å². The van der Waals surface area contributed by atoms with Crippen molar-refractivity contribution in [2.45, 2.75) is 59.3 Å². The zero-order chi connectivity index (χ0) is 16.4. The van der Waals surface area contributed by atoms with Gasteiger partial charge in [0, 0.05) is 17.4 Å². The zero-order valence-electron chi connectivity index (χ0n) is 14.6.